The van der Waals surface area contributed by atoms with Gasteiger partial charge >= 0.3 is 0 Å². The first-order valence-electron chi connectivity index (χ1n) is 12.4. The summed E-state index contributed by atoms with van der Waals surface area (Å²) in [5, 5.41) is 10.7. The number of hydrogen-bond acceptors (Lipinski definition) is 5. The van der Waals surface area contributed by atoms with Crippen LogP contribution < -0.4 is 4.72 Å². The van der Waals surface area contributed by atoms with Crippen molar-refractivity contribution < 1.29 is 18.3 Å². The predicted octanol–water partition coefficient (Wildman–Crippen LogP) is 4.05. The SMILES string of the molecule is COCCS(=O)(=O)Nc1cccc(C23CCCC(C2)N(CCCC2(O)CCCC2)CC3)c1. The molecule has 7 heteroatoms. The van der Waals surface area contributed by atoms with E-state index >= 15 is 0 Å². The number of ether oxygens (including phenoxy) is 1. The van der Waals surface area contributed by atoms with E-state index in [1.165, 1.54) is 44.8 Å². The number of fused-ring (bicyclic) bond motifs is 2. The number of likely N-dealkylation sites (tertiary alicyclic amines) is 1. The van der Waals surface area contributed by atoms with Gasteiger partial charge in [0.2, 0.25) is 10.0 Å². The fourth-order valence-corrected chi connectivity index (χ4v) is 7.32. The normalized spacial score (nSPS) is 28.0. The van der Waals surface area contributed by atoms with Crippen LogP contribution in [0.25, 0.3) is 0 Å². The van der Waals surface area contributed by atoms with Crippen LogP contribution in [0.2, 0.25) is 0 Å². The van der Waals surface area contributed by atoms with Gasteiger partial charge in [0.25, 0.3) is 0 Å². The minimum absolute atomic E-state index is 0.0367. The Morgan fingerprint density at radius 1 is 1.19 bits per heavy atom. The maximum Gasteiger partial charge on any atom is 0.234 e. The quantitative estimate of drug-likeness (QED) is 0.546. The monoisotopic (exact) mass is 464 g/mol. The molecule has 1 aromatic rings. The first-order chi connectivity index (χ1) is 15.3. The Morgan fingerprint density at radius 3 is 2.78 bits per heavy atom. The summed E-state index contributed by atoms with van der Waals surface area (Å²) in [6, 6.07) is 8.65. The number of benzene rings is 1. The van der Waals surface area contributed by atoms with Crippen molar-refractivity contribution in [3.8, 4) is 0 Å². The lowest BCUT2D eigenvalue weighted by molar-refractivity contribution is 0.0198. The minimum Gasteiger partial charge on any atom is -0.390 e. The number of anilines is 1. The number of piperidine rings is 1. The topological polar surface area (TPSA) is 78.9 Å². The van der Waals surface area contributed by atoms with Gasteiger partial charge in [-0.2, -0.15) is 0 Å². The van der Waals surface area contributed by atoms with Crippen LogP contribution >= 0.6 is 0 Å². The number of rotatable bonds is 10. The summed E-state index contributed by atoms with van der Waals surface area (Å²) in [6.07, 6.45) is 12.2. The van der Waals surface area contributed by atoms with Gasteiger partial charge in [-0.05, 0) is 87.6 Å². The number of methoxy groups -OCH3 is 1. The molecule has 4 rings (SSSR count). The molecule has 2 bridgehead atoms. The molecule has 0 aromatic heterocycles. The first kappa shape index (κ1) is 24.0. The fraction of sp³-hybridized carbons (Fsp3) is 0.760. The van der Waals surface area contributed by atoms with Crippen LogP contribution in [0.5, 0.6) is 0 Å². The Kier molecular flexibility index (Phi) is 7.50. The lowest BCUT2D eigenvalue weighted by Gasteiger charge is -2.51. The third kappa shape index (κ3) is 5.66. The molecule has 1 aliphatic heterocycles. The van der Waals surface area contributed by atoms with Crippen molar-refractivity contribution in [3.05, 3.63) is 29.8 Å². The van der Waals surface area contributed by atoms with Gasteiger partial charge in [0.05, 0.1) is 18.0 Å². The van der Waals surface area contributed by atoms with E-state index in [1.807, 2.05) is 12.1 Å². The van der Waals surface area contributed by atoms with Crippen LogP contribution in [0.15, 0.2) is 24.3 Å². The number of nitrogens with one attached hydrogen (secondary N) is 1. The van der Waals surface area contributed by atoms with Crippen LogP contribution in [0.4, 0.5) is 5.69 Å². The van der Waals surface area contributed by atoms with Gasteiger partial charge in [0.1, 0.15) is 0 Å². The largest absolute Gasteiger partial charge is 0.390 e. The Labute approximate surface area is 193 Å². The minimum atomic E-state index is -3.40. The van der Waals surface area contributed by atoms with E-state index in [0.29, 0.717) is 11.7 Å². The number of sulfonamides is 1. The molecule has 1 heterocycles. The molecule has 2 saturated carbocycles. The van der Waals surface area contributed by atoms with Crippen LogP contribution in [0, 0.1) is 0 Å². The van der Waals surface area contributed by atoms with Crippen molar-refractivity contribution in [2.75, 3.05) is 37.3 Å². The molecule has 6 nitrogen and oxygen atoms in total. The second-order valence-electron chi connectivity index (χ2n) is 10.3. The average molecular weight is 465 g/mol. The number of aliphatic hydroxyl groups is 1. The summed E-state index contributed by atoms with van der Waals surface area (Å²) in [5.74, 6) is -0.0367. The van der Waals surface area contributed by atoms with E-state index in [9.17, 15) is 13.5 Å². The van der Waals surface area contributed by atoms with Crippen molar-refractivity contribution in [3.63, 3.8) is 0 Å². The zero-order valence-electron chi connectivity index (χ0n) is 19.5. The highest BCUT2D eigenvalue weighted by Gasteiger charge is 2.43. The van der Waals surface area contributed by atoms with Crippen molar-refractivity contribution in [1.29, 1.82) is 0 Å². The first-order valence-corrected chi connectivity index (χ1v) is 14.0. The molecular formula is C25H40N2O4S. The van der Waals surface area contributed by atoms with Gasteiger partial charge in [-0.1, -0.05) is 31.4 Å². The molecule has 32 heavy (non-hydrogen) atoms. The maximum atomic E-state index is 12.3. The smallest absolute Gasteiger partial charge is 0.234 e. The average Bonchev–Trinajstić information content (AvgIpc) is 3.20. The summed E-state index contributed by atoms with van der Waals surface area (Å²) >= 11 is 0. The second-order valence-corrected chi connectivity index (χ2v) is 12.2. The molecule has 2 N–H and O–H groups in total. The summed E-state index contributed by atoms with van der Waals surface area (Å²) < 4.78 is 32.3. The lowest BCUT2D eigenvalue weighted by atomic mass is 9.63. The van der Waals surface area contributed by atoms with Gasteiger partial charge in [-0.15, -0.1) is 0 Å². The van der Waals surface area contributed by atoms with Crippen LogP contribution in [0.3, 0.4) is 0 Å². The number of nitrogens with zero attached hydrogens (tertiary/aromatic N) is 1. The highest BCUT2D eigenvalue weighted by atomic mass is 32.2. The molecule has 0 radical (unpaired) electrons. The molecule has 1 aromatic carbocycles. The predicted molar refractivity (Wildman–Crippen MR) is 129 cm³/mol. The van der Waals surface area contributed by atoms with Gasteiger partial charge in [-0.3, -0.25) is 4.72 Å². The summed E-state index contributed by atoms with van der Waals surface area (Å²) in [5.41, 5.74) is 1.68. The van der Waals surface area contributed by atoms with E-state index in [2.05, 4.69) is 21.8 Å². The maximum absolute atomic E-state index is 12.3. The van der Waals surface area contributed by atoms with Crippen molar-refractivity contribution >= 4 is 15.7 Å². The molecule has 1 saturated heterocycles. The van der Waals surface area contributed by atoms with Gasteiger partial charge in [0, 0.05) is 18.8 Å². The molecule has 2 aliphatic carbocycles. The van der Waals surface area contributed by atoms with E-state index in [0.717, 1.165) is 51.6 Å². The Balaban J connectivity index is 1.38. The van der Waals surface area contributed by atoms with E-state index < -0.39 is 15.6 Å². The molecule has 2 unspecified atom stereocenters. The fourth-order valence-electron chi connectivity index (χ4n) is 6.34. The molecule has 2 atom stereocenters. The summed E-state index contributed by atoms with van der Waals surface area (Å²) in [6.45, 7) is 2.36. The van der Waals surface area contributed by atoms with Crippen molar-refractivity contribution in [1.82, 2.24) is 4.90 Å². The van der Waals surface area contributed by atoms with Crippen molar-refractivity contribution in [2.24, 2.45) is 0 Å². The third-order valence-corrected chi connectivity index (χ3v) is 9.39. The Hall–Kier alpha value is -1.15. The van der Waals surface area contributed by atoms with Gasteiger partial charge in [-0.25, -0.2) is 8.42 Å². The lowest BCUT2D eigenvalue weighted by Crippen LogP contribution is -2.52. The second kappa shape index (κ2) is 10.00. The Morgan fingerprint density at radius 2 is 2.00 bits per heavy atom. The van der Waals surface area contributed by atoms with Gasteiger partial charge < -0.3 is 14.7 Å². The van der Waals surface area contributed by atoms with E-state index in [-0.39, 0.29) is 17.8 Å². The van der Waals surface area contributed by atoms with Crippen LogP contribution in [0.1, 0.15) is 76.2 Å². The summed E-state index contributed by atoms with van der Waals surface area (Å²) in [7, 11) is -1.89. The van der Waals surface area contributed by atoms with E-state index in [1.54, 1.807) is 0 Å². The molecule has 3 fully saturated rings. The van der Waals surface area contributed by atoms with Gasteiger partial charge in [0.15, 0.2) is 0 Å². The summed E-state index contributed by atoms with van der Waals surface area (Å²) in [4.78, 5) is 2.66. The Bertz CT molecular complexity index is 868. The standard InChI is InChI=1S/C25H40N2O4S/c1-31-17-18-32(29,30)26-22-8-4-7-21(19-22)24-10-5-9-23(20-24)27(16-14-24)15-6-13-25(28)11-2-3-12-25/h4,7-8,19,23,26,28H,2-3,5-6,9-18,20H2,1H3. The third-order valence-electron chi connectivity index (χ3n) is 8.14. The zero-order valence-corrected chi connectivity index (χ0v) is 20.3. The highest BCUT2D eigenvalue weighted by molar-refractivity contribution is 7.92. The number of hydrogen-bond donors (Lipinski definition) is 2. The zero-order chi connectivity index (χ0) is 22.7. The van der Waals surface area contributed by atoms with Crippen LogP contribution in [-0.4, -0.2) is 62.6 Å². The molecular weight excluding hydrogens is 424 g/mol. The van der Waals surface area contributed by atoms with Crippen LogP contribution in [-0.2, 0) is 20.2 Å². The molecule has 3 aliphatic rings. The molecule has 180 valence electrons. The van der Waals surface area contributed by atoms with E-state index in [4.69, 9.17) is 4.74 Å². The highest BCUT2D eigenvalue weighted by Crippen LogP contribution is 2.47. The molecule has 0 amide bonds. The van der Waals surface area contributed by atoms with Crippen molar-refractivity contribution in [2.45, 2.75) is 87.7 Å². The molecule has 0 spiro atoms.